The number of nitro benzene ring substituents is 1. The molecular weight excluding hydrogens is 292 g/mol. The van der Waals surface area contributed by atoms with E-state index < -0.39 is 10.8 Å². The van der Waals surface area contributed by atoms with Crippen molar-refractivity contribution in [1.29, 1.82) is 0 Å². The van der Waals surface area contributed by atoms with Crippen molar-refractivity contribution in [3.05, 3.63) is 74.3 Å². The van der Waals surface area contributed by atoms with E-state index in [0.717, 1.165) is 5.56 Å². The molecule has 0 saturated heterocycles. The third-order valence-corrected chi connectivity index (χ3v) is 3.28. The number of nitrogens with one attached hydrogen (secondary N) is 1. The minimum atomic E-state index is -0.535. The molecule has 0 radical (unpaired) electrons. The molecule has 0 bridgehead atoms. The van der Waals surface area contributed by atoms with E-state index in [1.807, 2.05) is 0 Å². The number of nitro groups is 1. The lowest BCUT2D eigenvalue weighted by Gasteiger charge is -2.07. The van der Waals surface area contributed by atoms with Crippen molar-refractivity contribution in [2.75, 3.05) is 0 Å². The van der Waals surface area contributed by atoms with Crippen LogP contribution in [0.2, 0.25) is 5.02 Å². The summed E-state index contributed by atoms with van der Waals surface area (Å²) in [5.74, 6) is -0.472. The van der Waals surface area contributed by atoms with Gasteiger partial charge >= 0.3 is 0 Å². The molecule has 0 aromatic heterocycles. The van der Waals surface area contributed by atoms with Crippen molar-refractivity contribution >= 4 is 23.2 Å². The second-order valence-electron chi connectivity index (χ2n) is 4.54. The third kappa shape index (κ3) is 3.58. The van der Waals surface area contributed by atoms with Gasteiger partial charge in [0.1, 0.15) is 5.56 Å². The van der Waals surface area contributed by atoms with E-state index in [0.29, 0.717) is 10.6 Å². The van der Waals surface area contributed by atoms with Gasteiger partial charge in [-0.2, -0.15) is 0 Å². The van der Waals surface area contributed by atoms with Crippen LogP contribution in [0.1, 0.15) is 21.5 Å². The van der Waals surface area contributed by atoms with Crippen LogP contribution in [0.4, 0.5) is 5.69 Å². The van der Waals surface area contributed by atoms with E-state index in [1.54, 1.807) is 43.3 Å². The van der Waals surface area contributed by atoms with Crippen LogP contribution < -0.4 is 5.32 Å². The van der Waals surface area contributed by atoms with Gasteiger partial charge in [0.2, 0.25) is 0 Å². The molecule has 6 heteroatoms. The molecule has 2 rings (SSSR count). The molecule has 0 unspecified atom stereocenters. The Bertz CT molecular complexity index is 684. The monoisotopic (exact) mass is 304 g/mol. The zero-order valence-electron chi connectivity index (χ0n) is 11.3. The molecule has 108 valence electrons. The number of amides is 1. The van der Waals surface area contributed by atoms with Gasteiger partial charge in [0.25, 0.3) is 11.6 Å². The van der Waals surface area contributed by atoms with Gasteiger partial charge in [0, 0.05) is 17.1 Å². The van der Waals surface area contributed by atoms with E-state index in [1.165, 1.54) is 6.07 Å². The maximum atomic E-state index is 12.1. The van der Waals surface area contributed by atoms with Crippen molar-refractivity contribution in [1.82, 2.24) is 5.32 Å². The number of para-hydroxylation sites is 1. The molecule has 1 N–H and O–H groups in total. The Morgan fingerprint density at radius 1 is 1.24 bits per heavy atom. The first-order valence-electron chi connectivity index (χ1n) is 6.25. The lowest BCUT2D eigenvalue weighted by atomic mass is 10.1. The van der Waals surface area contributed by atoms with Crippen LogP contribution in [-0.2, 0) is 6.54 Å². The molecule has 0 atom stereocenters. The maximum absolute atomic E-state index is 12.1. The summed E-state index contributed by atoms with van der Waals surface area (Å²) in [6.07, 6.45) is 0. The zero-order valence-corrected chi connectivity index (χ0v) is 12.1. The maximum Gasteiger partial charge on any atom is 0.285 e. The number of hydrogen-bond donors (Lipinski definition) is 1. The number of hydrogen-bond acceptors (Lipinski definition) is 3. The number of nitrogens with zero attached hydrogens (tertiary/aromatic N) is 1. The van der Waals surface area contributed by atoms with Crippen LogP contribution in [0.5, 0.6) is 0 Å². The number of halogens is 1. The zero-order chi connectivity index (χ0) is 15.4. The highest BCUT2D eigenvalue weighted by Gasteiger charge is 2.21. The quantitative estimate of drug-likeness (QED) is 0.694. The van der Waals surface area contributed by atoms with Gasteiger partial charge in [-0.05, 0) is 30.7 Å². The van der Waals surface area contributed by atoms with Crippen molar-refractivity contribution < 1.29 is 9.72 Å². The largest absolute Gasteiger partial charge is 0.348 e. The third-order valence-electron chi connectivity index (χ3n) is 3.03. The summed E-state index contributed by atoms with van der Waals surface area (Å²) in [6.45, 7) is 1.88. The summed E-state index contributed by atoms with van der Waals surface area (Å²) in [6, 6.07) is 11.7. The second-order valence-corrected chi connectivity index (χ2v) is 4.97. The molecule has 0 heterocycles. The average Bonchev–Trinajstić information content (AvgIpc) is 2.45. The first kappa shape index (κ1) is 15.0. The van der Waals surface area contributed by atoms with E-state index >= 15 is 0 Å². The topological polar surface area (TPSA) is 72.2 Å². The fourth-order valence-electron chi connectivity index (χ4n) is 1.96. The van der Waals surface area contributed by atoms with Gasteiger partial charge in [-0.15, -0.1) is 0 Å². The molecule has 2 aromatic carbocycles. The standard InChI is InChI=1S/C15H13ClN2O3/c1-10-3-2-4-13(14(10)18(20)21)15(19)17-9-11-5-7-12(16)8-6-11/h2-8H,9H2,1H3,(H,17,19). The van der Waals surface area contributed by atoms with Gasteiger partial charge in [-0.3, -0.25) is 14.9 Å². The van der Waals surface area contributed by atoms with Crippen molar-refractivity contribution in [2.45, 2.75) is 13.5 Å². The molecule has 2 aromatic rings. The Kier molecular flexibility index (Phi) is 4.55. The molecular formula is C15H13ClN2O3. The van der Waals surface area contributed by atoms with Gasteiger partial charge in [0.05, 0.1) is 4.92 Å². The van der Waals surface area contributed by atoms with Crippen LogP contribution in [-0.4, -0.2) is 10.8 Å². The molecule has 0 aliphatic carbocycles. The summed E-state index contributed by atoms with van der Waals surface area (Å²) in [7, 11) is 0. The normalized spacial score (nSPS) is 10.2. The molecule has 5 nitrogen and oxygen atoms in total. The summed E-state index contributed by atoms with van der Waals surface area (Å²) in [5.41, 5.74) is 1.22. The Hall–Kier alpha value is -2.40. The van der Waals surface area contributed by atoms with E-state index in [2.05, 4.69) is 5.32 Å². The second kappa shape index (κ2) is 6.37. The highest BCUT2D eigenvalue weighted by atomic mass is 35.5. The van der Waals surface area contributed by atoms with Crippen LogP contribution in [0, 0.1) is 17.0 Å². The van der Waals surface area contributed by atoms with Gasteiger partial charge in [-0.1, -0.05) is 35.9 Å². The van der Waals surface area contributed by atoms with E-state index in [9.17, 15) is 14.9 Å². The van der Waals surface area contributed by atoms with E-state index in [-0.39, 0.29) is 17.8 Å². The summed E-state index contributed by atoms with van der Waals surface area (Å²) < 4.78 is 0. The molecule has 1 amide bonds. The summed E-state index contributed by atoms with van der Waals surface area (Å²) >= 11 is 5.78. The van der Waals surface area contributed by atoms with E-state index in [4.69, 9.17) is 11.6 Å². The fraction of sp³-hybridized carbons (Fsp3) is 0.133. The SMILES string of the molecule is Cc1cccc(C(=O)NCc2ccc(Cl)cc2)c1[N+](=O)[O-]. The van der Waals surface area contributed by atoms with Crippen LogP contribution in [0.25, 0.3) is 0 Å². The number of carbonyl (C=O) groups is 1. The van der Waals surface area contributed by atoms with Crippen LogP contribution >= 0.6 is 11.6 Å². The summed E-state index contributed by atoms with van der Waals surface area (Å²) in [4.78, 5) is 22.7. The van der Waals surface area contributed by atoms with Crippen molar-refractivity contribution in [3.63, 3.8) is 0 Å². The van der Waals surface area contributed by atoms with Gasteiger partial charge in [-0.25, -0.2) is 0 Å². The Labute approximate surface area is 126 Å². The van der Waals surface area contributed by atoms with Crippen molar-refractivity contribution in [3.8, 4) is 0 Å². The highest BCUT2D eigenvalue weighted by molar-refractivity contribution is 6.30. The number of rotatable bonds is 4. The predicted molar refractivity (Wildman–Crippen MR) is 80.5 cm³/mol. The first-order valence-corrected chi connectivity index (χ1v) is 6.63. The lowest BCUT2D eigenvalue weighted by molar-refractivity contribution is -0.385. The minimum Gasteiger partial charge on any atom is -0.348 e. The Morgan fingerprint density at radius 3 is 2.52 bits per heavy atom. The van der Waals surface area contributed by atoms with Crippen LogP contribution in [0.3, 0.4) is 0 Å². The first-order chi connectivity index (χ1) is 9.99. The van der Waals surface area contributed by atoms with Crippen molar-refractivity contribution in [2.24, 2.45) is 0 Å². The fourth-order valence-corrected chi connectivity index (χ4v) is 2.09. The average molecular weight is 305 g/mol. The molecule has 21 heavy (non-hydrogen) atoms. The Balaban J connectivity index is 2.16. The highest BCUT2D eigenvalue weighted by Crippen LogP contribution is 2.23. The Morgan fingerprint density at radius 2 is 1.90 bits per heavy atom. The molecule has 0 saturated carbocycles. The minimum absolute atomic E-state index is 0.0639. The predicted octanol–water partition coefficient (Wildman–Crippen LogP) is 3.49. The molecule has 0 aliphatic rings. The number of carbonyl (C=O) groups excluding carboxylic acids is 1. The number of benzene rings is 2. The van der Waals surface area contributed by atoms with Gasteiger partial charge < -0.3 is 5.32 Å². The lowest BCUT2D eigenvalue weighted by Crippen LogP contribution is -2.23. The molecule has 0 aliphatic heterocycles. The molecule has 0 fully saturated rings. The molecule has 0 spiro atoms. The van der Waals surface area contributed by atoms with Gasteiger partial charge in [0.15, 0.2) is 0 Å². The number of aryl methyl sites for hydroxylation is 1. The smallest absolute Gasteiger partial charge is 0.285 e. The van der Waals surface area contributed by atoms with Crippen LogP contribution in [0.15, 0.2) is 42.5 Å². The summed E-state index contributed by atoms with van der Waals surface area (Å²) in [5, 5.41) is 14.4.